The van der Waals surface area contributed by atoms with Crippen molar-refractivity contribution in [3.05, 3.63) is 66.0 Å². The van der Waals surface area contributed by atoms with Crippen LogP contribution in [0.25, 0.3) is 0 Å². The van der Waals surface area contributed by atoms with Gasteiger partial charge in [-0.05, 0) is 42.7 Å². The first-order valence-electron chi connectivity index (χ1n) is 10.2. The Morgan fingerprint density at radius 2 is 1.64 bits per heavy atom. The van der Waals surface area contributed by atoms with Crippen LogP contribution in [0.5, 0.6) is 0 Å². The molecule has 1 saturated carbocycles. The largest absolute Gasteiger partial charge is 0.369 e. The van der Waals surface area contributed by atoms with E-state index in [0.717, 1.165) is 51.3 Å². The molecule has 0 spiro atoms. The summed E-state index contributed by atoms with van der Waals surface area (Å²) in [5.41, 5.74) is 2.51. The number of piperazine rings is 1. The van der Waals surface area contributed by atoms with Crippen LogP contribution < -0.4 is 10.2 Å². The van der Waals surface area contributed by atoms with E-state index in [1.165, 1.54) is 24.1 Å². The molecule has 2 aliphatic rings. The van der Waals surface area contributed by atoms with Gasteiger partial charge in [-0.3, -0.25) is 9.69 Å². The first-order valence-corrected chi connectivity index (χ1v) is 10.2. The van der Waals surface area contributed by atoms with Crippen LogP contribution >= 0.6 is 0 Å². The quantitative estimate of drug-likeness (QED) is 0.835. The van der Waals surface area contributed by atoms with E-state index in [0.29, 0.717) is 6.54 Å². The highest BCUT2D eigenvalue weighted by Crippen LogP contribution is 2.43. The molecule has 5 heteroatoms. The van der Waals surface area contributed by atoms with Gasteiger partial charge in [0.2, 0.25) is 5.91 Å². The average Bonchev–Trinajstić information content (AvgIpc) is 2.69. The number of hydrogen-bond donors (Lipinski definition) is 1. The molecule has 1 heterocycles. The third-order valence-electron chi connectivity index (χ3n) is 6.25. The SMILES string of the molecule is O=C(CN1CCN(c2ccc(F)cc2)CC1)NCC1(c2ccccc2)CCC1. The topological polar surface area (TPSA) is 35.6 Å². The summed E-state index contributed by atoms with van der Waals surface area (Å²) in [4.78, 5) is 17.0. The van der Waals surface area contributed by atoms with Gasteiger partial charge < -0.3 is 10.2 Å². The molecule has 2 fully saturated rings. The van der Waals surface area contributed by atoms with E-state index in [9.17, 15) is 9.18 Å². The first-order chi connectivity index (χ1) is 13.6. The maximum absolute atomic E-state index is 13.1. The lowest BCUT2D eigenvalue weighted by Crippen LogP contribution is -2.51. The predicted molar refractivity (Wildman–Crippen MR) is 110 cm³/mol. The van der Waals surface area contributed by atoms with Crippen LogP contribution in [0.2, 0.25) is 0 Å². The van der Waals surface area contributed by atoms with Crippen LogP contribution in [0.3, 0.4) is 0 Å². The van der Waals surface area contributed by atoms with Gasteiger partial charge in [0.05, 0.1) is 6.54 Å². The molecule has 1 amide bonds. The van der Waals surface area contributed by atoms with E-state index in [1.807, 2.05) is 18.2 Å². The van der Waals surface area contributed by atoms with Crippen molar-refractivity contribution in [2.24, 2.45) is 0 Å². The number of nitrogens with zero attached hydrogens (tertiary/aromatic N) is 2. The summed E-state index contributed by atoms with van der Waals surface area (Å²) in [6.07, 6.45) is 3.53. The minimum absolute atomic E-state index is 0.109. The molecule has 148 valence electrons. The Morgan fingerprint density at radius 3 is 2.25 bits per heavy atom. The third-order valence-corrected chi connectivity index (χ3v) is 6.25. The van der Waals surface area contributed by atoms with Gasteiger partial charge in [-0.2, -0.15) is 0 Å². The fourth-order valence-corrected chi connectivity index (χ4v) is 4.31. The lowest BCUT2D eigenvalue weighted by Gasteiger charge is -2.43. The summed E-state index contributed by atoms with van der Waals surface area (Å²) >= 11 is 0. The van der Waals surface area contributed by atoms with E-state index >= 15 is 0 Å². The molecule has 1 saturated heterocycles. The monoisotopic (exact) mass is 381 g/mol. The van der Waals surface area contributed by atoms with Crippen LogP contribution in [0.15, 0.2) is 54.6 Å². The van der Waals surface area contributed by atoms with Crippen LogP contribution in [-0.2, 0) is 10.2 Å². The summed E-state index contributed by atoms with van der Waals surface area (Å²) in [5, 5.41) is 3.18. The number of halogens is 1. The summed E-state index contributed by atoms with van der Waals surface area (Å²) < 4.78 is 13.1. The van der Waals surface area contributed by atoms with Gasteiger partial charge in [0.25, 0.3) is 0 Å². The van der Waals surface area contributed by atoms with Gasteiger partial charge in [0.15, 0.2) is 0 Å². The Labute approximate surface area is 166 Å². The Balaban J connectivity index is 1.24. The van der Waals surface area contributed by atoms with Crippen LogP contribution in [0, 0.1) is 5.82 Å². The fourth-order valence-electron chi connectivity index (χ4n) is 4.31. The fraction of sp³-hybridized carbons (Fsp3) is 0.435. The molecule has 0 atom stereocenters. The van der Waals surface area contributed by atoms with Gasteiger partial charge in [-0.25, -0.2) is 4.39 Å². The highest BCUT2D eigenvalue weighted by molar-refractivity contribution is 5.78. The van der Waals surface area contributed by atoms with Crippen LogP contribution in [0.1, 0.15) is 24.8 Å². The highest BCUT2D eigenvalue weighted by atomic mass is 19.1. The second-order valence-electron chi connectivity index (χ2n) is 8.02. The number of amides is 1. The van der Waals surface area contributed by atoms with Crippen molar-refractivity contribution in [1.29, 1.82) is 0 Å². The summed E-state index contributed by atoms with van der Waals surface area (Å²) in [5.74, 6) is -0.101. The molecule has 1 N–H and O–H groups in total. The molecule has 2 aromatic carbocycles. The molecule has 4 rings (SSSR count). The number of nitrogens with one attached hydrogen (secondary N) is 1. The lowest BCUT2D eigenvalue weighted by molar-refractivity contribution is -0.122. The van der Waals surface area contributed by atoms with Gasteiger partial charge in [-0.1, -0.05) is 36.8 Å². The molecule has 0 aromatic heterocycles. The van der Waals surface area contributed by atoms with Gasteiger partial charge in [-0.15, -0.1) is 0 Å². The van der Waals surface area contributed by atoms with Crippen molar-refractivity contribution >= 4 is 11.6 Å². The number of anilines is 1. The second-order valence-corrected chi connectivity index (χ2v) is 8.02. The summed E-state index contributed by atoms with van der Waals surface area (Å²) in [7, 11) is 0. The lowest BCUT2D eigenvalue weighted by atomic mass is 9.64. The maximum atomic E-state index is 13.1. The molecular formula is C23H28FN3O. The summed E-state index contributed by atoms with van der Waals surface area (Å²) in [6.45, 7) is 4.57. The van der Waals surface area contributed by atoms with Crippen molar-refractivity contribution in [2.75, 3.05) is 44.2 Å². The van der Waals surface area contributed by atoms with Crippen molar-refractivity contribution in [1.82, 2.24) is 10.2 Å². The van der Waals surface area contributed by atoms with E-state index in [1.54, 1.807) is 0 Å². The Kier molecular flexibility index (Phi) is 5.62. The number of benzene rings is 2. The minimum atomic E-state index is -0.209. The van der Waals surface area contributed by atoms with Crippen molar-refractivity contribution in [3.63, 3.8) is 0 Å². The molecule has 0 radical (unpaired) electrons. The Hall–Kier alpha value is -2.40. The van der Waals surface area contributed by atoms with E-state index in [4.69, 9.17) is 0 Å². The number of rotatable bonds is 6. The zero-order chi connectivity index (χ0) is 19.4. The second kappa shape index (κ2) is 8.31. The molecule has 4 nitrogen and oxygen atoms in total. The number of carbonyl (C=O) groups is 1. The molecule has 0 bridgehead atoms. The van der Waals surface area contributed by atoms with Crippen molar-refractivity contribution < 1.29 is 9.18 Å². The van der Waals surface area contributed by atoms with E-state index < -0.39 is 0 Å². The zero-order valence-corrected chi connectivity index (χ0v) is 16.2. The first kappa shape index (κ1) is 18.9. The van der Waals surface area contributed by atoms with Gasteiger partial charge in [0.1, 0.15) is 5.82 Å². The third kappa shape index (κ3) is 4.20. The normalized spacial score (nSPS) is 19.1. The predicted octanol–water partition coefficient (Wildman–Crippen LogP) is 3.19. The van der Waals surface area contributed by atoms with Crippen LogP contribution in [-0.4, -0.2) is 50.1 Å². The summed E-state index contributed by atoms with van der Waals surface area (Å²) in [6, 6.07) is 17.2. The standard InChI is InChI=1S/C23H28FN3O/c24-20-7-9-21(10-8-20)27-15-13-26(14-16-27)17-22(28)25-18-23(11-4-12-23)19-5-2-1-3-6-19/h1-3,5-10H,4,11-18H2,(H,25,28). The maximum Gasteiger partial charge on any atom is 0.234 e. The zero-order valence-electron chi connectivity index (χ0n) is 16.2. The smallest absolute Gasteiger partial charge is 0.234 e. The molecular weight excluding hydrogens is 353 g/mol. The van der Waals surface area contributed by atoms with Crippen molar-refractivity contribution in [3.8, 4) is 0 Å². The molecule has 2 aromatic rings. The Morgan fingerprint density at radius 1 is 0.964 bits per heavy atom. The molecule has 1 aliphatic carbocycles. The van der Waals surface area contributed by atoms with Gasteiger partial charge >= 0.3 is 0 Å². The average molecular weight is 381 g/mol. The molecule has 1 aliphatic heterocycles. The highest BCUT2D eigenvalue weighted by Gasteiger charge is 2.38. The van der Waals surface area contributed by atoms with E-state index in [-0.39, 0.29) is 17.1 Å². The van der Waals surface area contributed by atoms with Crippen LogP contribution in [0.4, 0.5) is 10.1 Å². The van der Waals surface area contributed by atoms with Gasteiger partial charge in [0, 0.05) is 43.8 Å². The van der Waals surface area contributed by atoms with Crippen molar-refractivity contribution in [2.45, 2.75) is 24.7 Å². The Bertz CT molecular complexity index is 781. The number of carbonyl (C=O) groups excluding carboxylic acids is 1. The molecule has 0 unspecified atom stereocenters. The minimum Gasteiger partial charge on any atom is -0.369 e. The number of hydrogen-bond acceptors (Lipinski definition) is 3. The van der Waals surface area contributed by atoms with E-state index in [2.05, 4.69) is 39.4 Å². The molecule has 28 heavy (non-hydrogen) atoms.